The number of β-lactam (4-membered cyclic amide) rings is 1. The highest BCUT2D eigenvalue weighted by Crippen LogP contribution is 2.50. The number of nitrogens with two attached hydrogens (primary N) is 1. The molecule has 3 heterocycles. The van der Waals surface area contributed by atoms with Gasteiger partial charge in [-0.15, -0.1) is 0 Å². The monoisotopic (exact) mass is 467 g/mol. The average molecular weight is 468 g/mol. The first-order valence-electron chi connectivity index (χ1n) is 11.6. The van der Waals surface area contributed by atoms with Gasteiger partial charge < -0.3 is 16.0 Å². The van der Waals surface area contributed by atoms with Crippen LogP contribution in [0, 0.1) is 23.4 Å². The van der Waals surface area contributed by atoms with Crippen LogP contribution in [-0.4, -0.2) is 46.7 Å². The molecular formula is C24H32F3N3O3. The van der Waals surface area contributed by atoms with E-state index in [2.05, 4.69) is 5.32 Å². The van der Waals surface area contributed by atoms with Gasteiger partial charge in [0.25, 0.3) is 0 Å². The summed E-state index contributed by atoms with van der Waals surface area (Å²) in [4.78, 5) is 37.1. The van der Waals surface area contributed by atoms with Crippen LogP contribution < -0.4 is 11.1 Å². The molecule has 1 aromatic carbocycles. The molecule has 0 aromatic heterocycles. The zero-order valence-electron chi connectivity index (χ0n) is 19.1. The zero-order chi connectivity index (χ0) is 24.3. The van der Waals surface area contributed by atoms with Crippen LogP contribution in [0.1, 0.15) is 64.4 Å². The van der Waals surface area contributed by atoms with Gasteiger partial charge >= 0.3 is 0 Å². The minimum absolute atomic E-state index is 0.0208. The lowest BCUT2D eigenvalue weighted by Gasteiger charge is -2.53. The lowest BCUT2D eigenvalue weighted by atomic mass is 9.70. The lowest BCUT2D eigenvalue weighted by Crippen LogP contribution is -2.72. The second-order valence-corrected chi connectivity index (χ2v) is 9.35. The Balaban J connectivity index is 0.000000323. The SMILES string of the molecule is C[C@@H]1CCC2(C(=O)C[C@H](N)Cc3cc(F)c(F)cc3F)[C@@H](C)C(=O)N12.O=C1CCCCCN1. The molecule has 3 saturated heterocycles. The Hall–Kier alpha value is -2.42. The van der Waals surface area contributed by atoms with Crippen LogP contribution in [0.25, 0.3) is 0 Å². The quantitative estimate of drug-likeness (QED) is 0.514. The first kappa shape index (κ1) is 25.2. The van der Waals surface area contributed by atoms with Gasteiger partial charge in [0.15, 0.2) is 17.4 Å². The van der Waals surface area contributed by atoms with Crippen molar-refractivity contribution < 1.29 is 27.6 Å². The van der Waals surface area contributed by atoms with E-state index in [4.69, 9.17) is 5.73 Å². The number of halogens is 3. The molecule has 3 aliphatic rings. The van der Waals surface area contributed by atoms with Crippen LogP contribution in [0.4, 0.5) is 13.2 Å². The number of benzene rings is 1. The zero-order valence-corrected chi connectivity index (χ0v) is 19.1. The maximum Gasteiger partial charge on any atom is 0.229 e. The van der Waals surface area contributed by atoms with E-state index in [1.165, 1.54) is 6.42 Å². The molecule has 1 aromatic rings. The van der Waals surface area contributed by atoms with Crippen molar-refractivity contribution in [3.8, 4) is 0 Å². The van der Waals surface area contributed by atoms with Crippen LogP contribution >= 0.6 is 0 Å². The van der Waals surface area contributed by atoms with Gasteiger partial charge in [-0.05, 0) is 50.7 Å². The van der Waals surface area contributed by atoms with E-state index in [1.807, 2.05) is 6.92 Å². The summed E-state index contributed by atoms with van der Waals surface area (Å²) < 4.78 is 40.0. The first-order valence-corrected chi connectivity index (χ1v) is 11.6. The highest BCUT2D eigenvalue weighted by atomic mass is 19.2. The van der Waals surface area contributed by atoms with Crippen LogP contribution in [0.5, 0.6) is 0 Å². The third-order valence-corrected chi connectivity index (χ3v) is 7.04. The fraction of sp³-hybridized carbons (Fsp3) is 0.625. The summed E-state index contributed by atoms with van der Waals surface area (Å²) in [5.74, 6) is -3.62. The van der Waals surface area contributed by atoms with Crippen LogP contribution in [0.15, 0.2) is 12.1 Å². The number of ketones is 1. The van der Waals surface area contributed by atoms with Gasteiger partial charge in [0.1, 0.15) is 11.4 Å². The number of fused-ring (bicyclic) bond motifs is 1. The number of nitrogens with one attached hydrogen (secondary N) is 1. The third-order valence-electron chi connectivity index (χ3n) is 7.04. The Morgan fingerprint density at radius 1 is 1.15 bits per heavy atom. The van der Waals surface area contributed by atoms with Crippen molar-refractivity contribution in [3.63, 3.8) is 0 Å². The van der Waals surface area contributed by atoms with Gasteiger partial charge in [-0.2, -0.15) is 0 Å². The van der Waals surface area contributed by atoms with Crippen molar-refractivity contribution in [1.29, 1.82) is 0 Å². The molecular weight excluding hydrogens is 435 g/mol. The van der Waals surface area contributed by atoms with Crippen molar-refractivity contribution in [3.05, 3.63) is 35.1 Å². The number of nitrogens with zero attached hydrogens (tertiary/aromatic N) is 1. The predicted molar refractivity (Wildman–Crippen MR) is 117 cm³/mol. The largest absolute Gasteiger partial charge is 0.356 e. The van der Waals surface area contributed by atoms with Crippen LogP contribution in [0.3, 0.4) is 0 Å². The molecule has 33 heavy (non-hydrogen) atoms. The number of rotatable bonds is 5. The normalized spacial score (nSPS) is 27.5. The summed E-state index contributed by atoms with van der Waals surface area (Å²) in [6.45, 7) is 4.55. The van der Waals surface area contributed by atoms with E-state index >= 15 is 0 Å². The van der Waals surface area contributed by atoms with Gasteiger partial charge in [0.05, 0.1) is 5.92 Å². The van der Waals surface area contributed by atoms with E-state index < -0.39 is 29.0 Å². The molecule has 0 bridgehead atoms. The standard InChI is InChI=1S/C18H21F3N2O2.C6H11NO/c1-9-3-4-18(10(2)17(25)23(9)18)16(24)7-12(22)5-11-6-14(20)15(21)8-13(11)19;8-6-4-2-1-3-5-7-6/h6,8-10,12H,3-5,7,22H2,1-2H3;1-5H2,(H,7,8)/t9-,10+,12-,18?;/m1./s1. The number of Topliss-reactive ketones (excluding diaryl/α,β-unsaturated/α-hetero) is 1. The molecule has 3 N–H and O–H groups in total. The van der Waals surface area contributed by atoms with E-state index in [1.54, 1.807) is 11.8 Å². The van der Waals surface area contributed by atoms with Crippen molar-refractivity contribution in [2.45, 2.75) is 82.8 Å². The Kier molecular flexibility index (Phi) is 7.82. The topological polar surface area (TPSA) is 92.5 Å². The Bertz CT molecular complexity index is 916. The molecule has 9 heteroatoms. The second-order valence-electron chi connectivity index (χ2n) is 9.35. The Morgan fingerprint density at radius 3 is 2.58 bits per heavy atom. The Labute approximate surface area is 192 Å². The van der Waals surface area contributed by atoms with E-state index in [-0.39, 0.29) is 48.0 Å². The maximum absolute atomic E-state index is 13.7. The minimum Gasteiger partial charge on any atom is -0.356 e. The second kappa shape index (κ2) is 10.2. The molecule has 1 unspecified atom stereocenters. The fourth-order valence-electron chi connectivity index (χ4n) is 5.17. The summed E-state index contributed by atoms with van der Waals surface area (Å²) in [5, 5.41) is 2.81. The number of amides is 2. The van der Waals surface area contributed by atoms with Gasteiger partial charge in [-0.1, -0.05) is 13.3 Å². The molecule has 4 rings (SSSR count). The number of hydrogen-bond acceptors (Lipinski definition) is 4. The molecule has 2 amide bonds. The predicted octanol–water partition coefficient (Wildman–Crippen LogP) is 3.01. The molecule has 0 spiro atoms. The van der Waals surface area contributed by atoms with Crippen molar-refractivity contribution in [2.75, 3.05) is 6.54 Å². The number of carbonyl (C=O) groups excluding carboxylic acids is 3. The minimum atomic E-state index is -1.26. The van der Waals surface area contributed by atoms with Crippen LogP contribution in [0.2, 0.25) is 0 Å². The van der Waals surface area contributed by atoms with Crippen molar-refractivity contribution in [1.82, 2.24) is 10.2 Å². The van der Waals surface area contributed by atoms with Crippen LogP contribution in [-0.2, 0) is 20.8 Å². The summed E-state index contributed by atoms with van der Waals surface area (Å²) in [7, 11) is 0. The number of hydrogen-bond donors (Lipinski definition) is 2. The lowest BCUT2D eigenvalue weighted by molar-refractivity contribution is -0.174. The third kappa shape index (κ3) is 5.08. The molecule has 6 nitrogen and oxygen atoms in total. The molecule has 0 aliphatic carbocycles. The highest BCUT2D eigenvalue weighted by molar-refractivity contribution is 6.04. The molecule has 0 saturated carbocycles. The highest BCUT2D eigenvalue weighted by Gasteiger charge is 2.65. The molecule has 182 valence electrons. The van der Waals surface area contributed by atoms with Gasteiger partial charge in [-0.3, -0.25) is 14.4 Å². The smallest absolute Gasteiger partial charge is 0.229 e. The van der Waals surface area contributed by atoms with E-state index in [0.29, 0.717) is 12.5 Å². The summed E-state index contributed by atoms with van der Waals surface area (Å²) in [6, 6.07) is 0.534. The van der Waals surface area contributed by atoms with Crippen molar-refractivity contribution in [2.24, 2.45) is 11.7 Å². The average Bonchev–Trinajstić information content (AvgIpc) is 2.88. The van der Waals surface area contributed by atoms with E-state index in [0.717, 1.165) is 38.3 Å². The van der Waals surface area contributed by atoms with Gasteiger partial charge in [-0.25, -0.2) is 13.2 Å². The van der Waals surface area contributed by atoms with Gasteiger partial charge in [0, 0.05) is 37.5 Å². The Morgan fingerprint density at radius 2 is 1.85 bits per heavy atom. The molecule has 4 atom stereocenters. The first-order chi connectivity index (χ1) is 15.6. The maximum atomic E-state index is 13.7. The van der Waals surface area contributed by atoms with Crippen molar-refractivity contribution >= 4 is 17.6 Å². The van der Waals surface area contributed by atoms with E-state index in [9.17, 15) is 27.6 Å². The molecule has 3 fully saturated rings. The summed E-state index contributed by atoms with van der Waals surface area (Å²) in [6.07, 6.45) is 5.42. The molecule has 0 radical (unpaired) electrons. The molecule has 3 aliphatic heterocycles. The van der Waals surface area contributed by atoms with Gasteiger partial charge in [0.2, 0.25) is 11.8 Å². The summed E-state index contributed by atoms with van der Waals surface area (Å²) >= 11 is 0. The number of carbonyl (C=O) groups is 3. The summed E-state index contributed by atoms with van der Waals surface area (Å²) in [5.41, 5.74) is 5.10. The fourth-order valence-corrected chi connectivity index (χ4v) is 5.17.